The van der Waals surface area contributed by atoms with Crippen molar-refractivity contribution in [2.24, 2.45) is 0 Å². The normalized spacial score (nSPS) is 17.1. The molecular weight excluding hydrogens is 614 g/mol. The molecule has 12 heteroatoms. The molecule has 47 heavy (non-hydrogen) atoms. The average Bonchev–Trinajstić information content (AvgIpc) is 3.83. The summed E-state index contributed by atoms with van der Waals surface area (Å²) in [7, 11) is 7.12. The Labute approximate surface area is 279 Å². The molecule has 2 fully saturated rings. The highest BCUT2D eigenvalue weighted by Gasteiger charge is 2.34. The fourth-order valence-corrected chi connectivity index (χ4v) is 6.36. The first-order valence-electron chi connectivity index (χ1n) is 15.8. The summed E-state index contributed by atoms with van der Waals surface area (Å²) in [6.45, 7) is 4.09. The lowest BCUT2D eigenvalue weighted by Gasteiger charge is -2.32. The molecule has 1 aliphatic carbocycles. The van der Waals surface area contributed by atoms with Crippen LogP contribution in [0.1, 0.15) is 53.7 Å². The van der Waals surface area contributed by atoms with Crippen LogP contribution >= 0.6 is 11.6 Å². The molecule has 2 radical (unpaired) electrons. The largest absolute Gasteiger partial charge is 0.379 e. The zero-order valence-corrected chi connectivity index (χ0v) is 26.5. The Morgan fingerprint density at radius 3 is 2.60 bits per heavy atom. The lowest BCUT2D eigenvalue weighted by molar-refractivity contribution is 0.0368. The van der Waals surface area contributed by atoms with E-state index in [1.165, 1.54) is 12.1 Å². The van der Waals surface area contributed by atoms with Gasteiger partial charge in [0.15, 0.2) is 0 Å². The first-order valence-corrected chi connectivity index (χ1v) is 16.2. The monoisotopic (exact) mass is 646 g/mol. The van der Waals surface area contributed by atoms with Crippen molar-refractivity contribution in [3.8, 4) is 6.07 Å². The van der Waals surface area contributed by atoms with Gasteiger partial charge in [-0.25, -0.2) is 9.07 Å². The van der Waals surface area contributed by atoms with Crippen LogP contribution in [-0.2, 0) is 10.2 Å². The predicted molar refractivity (Wildman–Crippen MR) is 181 cm³/mol. The van der Waals surface area contributed by atoms with Gasteiger partial charge in [0.2, 0.25) is 0 Å². The summed E-state index contributed by atoms with van der Waals surface area (Å²) in [5, 5.41) is 27.1. The summed E-state index contributed by atoms with van der Waals surface area (Å²) < 4.78 is 21.4. The minimum Gasteiger partial charge on any atom is -0.379 e. The second-order valence-electron chi connectivity index (χ2n) is 12.1. The molecule has 236 valence electrons. The number of benzene rings is 3. The Kier molecular flexibility index (Phi) is 8.82. The topological polar surface area (TPSA) is 104 Å². The summed E-state index contributed by atoms with van der Waals surface area (Å²) in [6, 6.07) is 22.3. The Balaban J connectivity index is 1.28. The van der Waals surface area contributed by atoms with E-state index in [1.54, 1.807) is 24.4 Å². The Hall–Kier alpha value is -4.50. The van der Waals surface area contributed by atoms with E-state index < -0.39 is 5.44 Å². The van der Waals surface area contributed by atoms with E-state index in [0.29, 0.717) is 50.2 Å². The minimum atomic E-state index is -1.38. The SMILES string of the molecule is [B][C@](Nc1cc(Cl)c2ncc(C#N)c(N[C@H](CCN3CCOCC3)c3ccccc3)c2c1)(c1ccc(F)cc1)c1cn(C2CC2)nn1. The number of nitriles is 1. The number of nitrogens with zero attached hydrogens (tertiary/aromatic N) is 6. The van der Waals surface area contributed by atoms with Gasteiger partial charge in [0.05, 0.1) is 58.7 Å². The van der Waals surface area contributed by atoms with Gasteiger partial charge < -0.3 is 15.4 Å². The molecule has 2 atom stereocenters. The zero-order valence-electron chi connectivity index (χ0n) is 25.7. The molecule has 3 aromatic carbocycles. The maximum atomic E-state index is 14.0. The van der Waals surface area contributed by atoms with Crippen molar-refractivity contribution >= 4 is 41.7 Å². The number of fused-ring (bicyclic) bond motifs is 1. The lowest BCUT2D eigenvalue weighted by atomic mass is 9.69. The number of anilines is 2. The van der Waals surface area contributed by atoms with Crippen molar-refractivity contribution in [2.75, 3.05) is 43.5 Å². The van der Waals surface area contributed by atoms with E-state index >= 15 is 0 Å². The maximum absolute atomic E-state index is 14.0. The quantitative estimate of drug-likeness (QED) is 0.164. The number of morpholine rings is 1. The highest BCUT2D eigenvalue weighted by atomic mass is 35.5. The molecule has 0 bridgehead atoms. The number of nitrogens with one attached hydrogen (secondary N) is 2. The maximum Gasteiger partial charge on any atom is 0.123 e. The van der Waals surface area contributed by atoms with Crippen LogP contribution in [0.5, 0.6) is 0 Å². The van der Waals surface area contributed by atoms with E-state index in [4.69, 9.17) is 24.2 Å². The third-order valence-electron chi connectivity index (χ3n) is 8.88. The van der Waals surface area contributed by atoms with Crippen LogP contribution in [0.4, 0.5) is 15.8 Å². The number of halogens is 2. The highest BCUT2D eigenvalue weighted by Crippen LogP contribution is 2.39. The summed E-state index contributed by atoms with van der Waals surface area (Å²) in [6.07, 6.45) is 6.25. The molecule has 1 aliphatic heterocycles. The number of pyridine rings is 1. The Bertz CT molecular complexity index is 1910. The van der Waals surface area contributed by atoms with Gasteiger partial charge in [-0.1, -0.05) is 59.3 Å². The minimum absolute atomic E-state index is 0.0996. The molecule has 3 heterocycles. The molecule has 2 aliphatic rings. The van der Waals surface area contributed by atoms with Crippen LogP contribution in [0, 0.1) is 17.1 Å². The van der Waals surface area contributed by atoms with Crippen molar-refractivity contribution < 1.29 is 9.13 Å². The number of aromatic nitrogens is 4. The number of rotatable bonds is 11. The van der Waals surface area contributed by atoms with E-state index in [2.05, 4.69) is 49.0 Å². The molecular formula is C35H33BClFN8O. The number of hydrogen-bond donors (Lipinski definition) is 2. The first-order chi connectivity index (χ1) is 22.9. The summed E-state index contributed by atoms with van der Waals surface area (Å²) >= 11 is 6.89. The standard InChI is InChI=1S/C35H33BClFN8O/c36-35(25-6-8-26(38)9-7-25,32-22-46(44-43-32)28-10-11-28)42-27-18-29-33(24(20-39)21-40-34(29)30(37)19-27)41-31(23-4-2-1-3-5-23)12-13-45-14-16-47-17-15-45/h1-9,18-19,21-22,28,31,42H,10-17H2,(H,40,41)/t31-,35+/m1/s1. The smallest absolute Gasteiger partial charge is 0.123 e. The van der Waals surface area contributed by atoms with Gasteiger partial charge in [-0.2, -0.15) is 5.26 Å². The predicted octanol–water partition coefficient (Wildman–Crippen LogP) is 6.18. The number of ether oxygens (including phenoxy) is 1. The van der Waals surface area contributed by atoms with Gasteiger partial charge in [-0.15, -0.1) is 5.10 Å². The van der Waals surface area contributed by atoms with E-state index in [1.807, 2.05) is 35.1 Å². The van der Waals surface area contributed by atoms with Crippen molar-refractivity contribution in [1.82, 2.24) is 24.9 Å². The molecule has 5 aromatic rings. The van der Waals surface area contributed by atoms with Crippen molar-refractivity contribution in [1.29, 1.82) is 5.26 Å². The van der Waals surface area contributed by atoms with Gasteiger partial charge in [0.1, 0.15) is 25.4 Å². The van der Waals surface area contributed by atoms with Crippen molar-refractivity contribution in [3.05, 3.63) is 112 Å². The second kappa shape index (κ2) is 13.3. The molecule has 1 saturated carbocycles. The number of hydrogen-bond acceptors (Lipinski definition) is 8. The fraction of sp³-hybridized carbons (Fsp3) is 0.314. The molecule has 9 nitrogen and oxygen atoms in total. The van der Waals surface area contributed by atoms with E-state index in [0.717, 1.165) is 57.7 Å². The molecule has 1 saturated heterocycles. The Morgan fingerprint density at radius 1 is 1.11 bits per heavy atom. The van der Waals surface area contributed by atoms with Gasteiger partial charge in [0, 0.05) is 36.9 Å². The third kappa shape index (κ3) is 6.68. The first kappa shape index (κ1) is 31.1. The van der Waals surface area contributed by atoms with Gasteiger partial charge in [0.25, 0.3) is 0 Å². The molecule has 0 amide bonds. The van der Waals surface area contributed by atoms with Crippen molar-refractivity contribution in [2.45, 2.75) is 36.8 Å². The molecule has 0 unspecified atom stereocenters. The molecule has 2 N–H and O–H groups in total. The van der Waals surface area contributed by atoms with E-state index in [9.17, 15) is 9.65 Å². The lowest BCUT2D eigenvalue weighted by Crippen LogP contribution is -2.38. The molecule has 2 aromatic heterocycles. The van der Waals surface area contributed by atoms with Crippen LogP contribution in [0.2, 0.25) is 5.02 Å². The third-order valence-corrected chi connectivity index (χ3v) is 9.17. The second-order valence-corrected chi connectivity index (χ2v) is 12.5. The van der Waals surface area contributed by atoms with Crippen LogP contribution in [0.3, 0.4) is 0 Å². The van der Waals surface area contributed by atoms with Gasteiger partial charge in [-0.05, 0) is 54.7 Å². The summed E-state index contributed by atoms with van der Waals surface area (Å²) in [5.74, 6) is -0.376. The zero-order chi connectivity index (χ0) is 32.4. The fourth-order valence-electron chi connectivity index (χ4n) is 6.09. The van der Waals surface area contributed by atoms with Crippen molar-refractivity contribution in [3.63, 3.8) is 0 Å². The van der Waals surface area contributed by atoms with Crippen LogP contribution in [0.15, 0.2) is 79.1 Å². The van der Waals surface area contributed by atoms with Crippen LogP contribution in [-0.4, -0.2) is 65.6 Å². The summed E-state index contributed by atoms with van der Waals surface area (Å²) in [5.41, 5.74) is 2.92. The van der Waals surface area contributed by atoms with E-state index in [-0.39, 0.29) is 11.9 Å². The van der Waals surface area contributed by atoms with Crippen LogP contribution in [0.25, 0.3) is 10.9 Å². The Morgan fingerprint density at radius 2 is 1.87 bits per heavy atom. The average molecular weight is 647 g/mol. The summed E-state index contributed by atoms with van der Waals surface area (Å²) in [4.78, 5) is 6.96. The molecule has 7 rings (SSSR count). The van der Waals surface area contributed by atoms with Gasteiger partial charge in [-0.3, -0.25) is 9.88 Å². The van der Waals surface area contributed by atoms with Gasteiger partial charge >= 0.3 is 0 Å². The van der Waals surface area contributed by atoms with Crippen LogP contribution < -0.4 is 10.6 Å². The highest BCUT2D eigenvalue weighted by molar-refractivity contribution is 6.36. The molecule has 0 spiro atoms.